The second kappa shape index (κ2) is 6.38. The van der Waals surface area contributed by atoms with E-state index < -0.39 is 27.9 Å². The van der Waals surface area contributed by atoms with Crippen molar-refractivity contribution in [3.05, 3.63) is 28.1 Å². The molecule has 21 heavy (non-hydrogen) atoms. The number of aliphatic carboxylic acids is 1. The average Bonchev–Trinajstić information content (AvgIpc) is 2.45. The van der Waals surface area contributed by atoms with Crippen molar-refractivity contribution < 1.29 is 24.0 Å². The lowest BCUT2D eigenvalue weighted by molar-refractivity contribution is -0.384. The van der Waals surface area contributed by atoms with Gasteiger partial charge in [-0.15, -0.1) is 0 Å². The maximum Gasteiger partial charge on any atom is 0.329 e. The maximum absolute atomic E-state index is 13.6. The number of hydrogen-bond acceptors (Lipinski definition) is 5. The van der Waals surface area contributed by atoms with E-state index in [1.807, 2.05) is 0 Å². The van der Waals surface area contributed by atoms with Crippen LogP contribution in [0.5, 0.6) is 5.75 Å². The van der Waals surface area contributed by atoms with E-state index in [1.54, 1.807) is 13.8 Å². The first-order chi connectivity index (χ1) is 9.81. The zero-order chi connectivity index (χ0) is 16.2. The standard InChI is InChI=1S/C13H17FN2O5/c1-4-13(5-2,12(17)18)15-9-7-11(21-3)8(14)6-10(9)16(19)20/h6-7,15H,4-5H2,1-3H3,(H,17,18). The van der Waals surface area contributed by atoms with Crippen LogP contribution in [-0.4, -0.2) is 28.6 Å². The highest BCUT2D eigenvalue weighted by Gasteiger charge is 2.37. The van der Waals surface area contributed by atoms with Crippen molar-refractivity contribution >= 4 is 17.3 Å². The molecule has 0 saturated heterocycles. The summed E-state index contributed by atoms with van der Waals surface area (Å²) in [5, 5.41) is 23.0. The number of carboxylic acids is 1. The number of halogens is 1. The third-order valence-corrected chi connectivity index (χ3v) is 3.46. The molecule has 0 spiro atoms. The van der Waals surface area contributed by atoms with Gasteiger partial charge < -0.3 is 15.2 Å². The van der Waals surface area contributed by atoms with Crippen LogP contribution in [0.2, 0.25) is 0 Å². The predicted molar refractivity (Wildman–Crippen MR) is 74.2 cm³/mol. The Morgan fingerprint density at radius 2 is 2.05 bits per heavy atom. The molecule has 0 aliphatic rings. The van der Waals surface area contributed by atoms with Gasteiger partial charge in [-0.1, -0.05) is 13.8 Å². The molecule has 2 N–H and O–H groups in total. The van der Waals surface area contributed by atoms with Gasteiger partial charge in [0, 0.05) is 6.07 Å². The van der Waals surface area contributed by atoms with Crippen molar-refractivity contribution in [2.24, 2.45) is 0 Å². The number of ether oxygens (including phenoxy) is 1. The zero-order valence-electron chi connectivity index (χ0n) is 12.0. The molecule has 116 valence electrons. The molecule has 0 fully saturated rings. The summed E-state index contributed by atoms with van der Waals surface area (Å²) in [5.74, 6) is -2.22. The molecule has 1 rings (SSSR count). The number of nitrogens with one attached hydrogen (secondary N) is 1. The highest BCUT2D eigenvalue weighted by molar-refractivity contribution is 5.84. The lowest BCUT2D eigenvalue weighted by atomic mass is 9.92. The third kappa shape index (κ3) is 3.21. The van der Waals surface area contributed by atoms with Gasteiger partial charge in [0.15, 0.2) is 11.6 Å². The number of rotatable bonds is 7. The van der Waals surface area contributed by atoms with Gasteiger partial charge in [-0.25, -0.2) is 9.18 Å². The van der Waals surface area contributed by atoms with Crippen LogP contribution < -0.4 is 10.1 Å². The van der Waals surface area contributed by atoms with Crippen LogP contribution >= 0.6 is 0 Å². The second-order valence-electron chi connectivity index (χ2n) is 4.48. The van der Waals surface area contributed by atoms with Crippen LogP contribution in [0.1, 0.15) is 26.7 Å². The summed E-state index contributed by atoms with van der Waals surface area (Å²) in [5.41, 5.74) is -2.00. The Morgan fingerprint density at radius 1 is 1.48 bits per heavy atom. The molecular formula is C13H17FN2O5. The fourth-order valence-electron chi connectivity index (χ4n) is 1.99. The number of carbonyl (C=O) groups is 1. The smallest absolute Gasteiger partial charge is 0.329 e. The lowest BCUT2D eigenvalue weighted by Gasteiger charge is -2.29. The lowest BCUT2D eigenvalue weighted by Crippen LogP contribution is -2.45. The summed E-state index contributed by atoms with van der Waals surface area (Å²) in [7, 11) is 1.22. The van der Waals surface area contributed by atoms with Gasteiger partial charge in [0.05, 0.1) is 18.1 Å². The van der Waals surface area contributed by atoms with E-state index in [9.17, 15) is 24.4 Å². The Morgan fingerprint density at radius 3 is 2.43 bits per heavy atom. The number of methoxy groups -OCH3 is 1. The molecule has 0 atom stereocenters. The minimum absolute atomic E-state index is 0.0932. The molecule has 7 nitrogen and oxygen atoms in total. The molecule has 1 aromatic carbocycles. The maximum atomic E-state index is 13.6. The topological polar surface area (TPSA) is 102 Å². The highest BCUT2D eigenvalue weighted by atomic mass is 19.1. The molecule has 0 amide bonds. The van der Waals surface area contributed by atoms with Crippen LogP contribution in [0, 0.1) is 15.9 Å². The Balaban J connectivity index is 3.40. The predicted octanol–water partition coefficient (Wildman–Crippen LogP) is 2.80. The zero-order valence-corrected chi connectivity index (χ0v) is 12.0. The van der Waals surface area contributed by atoms with Gasteiger partial charge in [0.2, 0.25) is 0 Å². The van der Waals surface area contributed by atoms with E-state index >= 15 is 0 Å². The molecule has 8 heteroatoms. The van der Waals surface area contributed by atoms with Gasteiger partial charge in [0.25, 0.3) is 5.69 Å². The van der Waals surface area contributed by atoms with Crippen LogP contribution in [0.25, 0.3) is 0 Å². The number of nitro groups is 1. The number of carboxylic acid groups (broad SMARTS) is 1. The Labute approximate surface area is 120 Å². The minimum atomic E-state index is -1.37. The van der Waals surface area contributed by atoms with E-state index in [0.717, 1.165) is 6.07 Å². The Kier molecular flexibility index (Phi) is 5.07. The summed E-state index contributed by atoms with van der Waals surface area (Å²) in [6.45, 7) is 3.30. The summed E-state index contributed by atoms with van der Waals surface area (Å²) in [4.78, 5) is 21.7. The van der Waals surface area contributed by atoms with Gasteiger partial charge in [0.1, 0.15) is 11.2 Å². The van der Waals surface area contributed by atoms with Crippen molar-refractivity contribution in [1.82, 2.24) is 0 Å². The molecule has 0 aliphatic carbocycles. The van der Waals surface area contributed by atoms with Gasteiger partial charge in [-0.05, 0) is 12.8 Å². The number of nitro benzene ring substituents is 1. The summed E-state index contributed by atoms with van der Waals surface area (Å²) >= 11 is 0. The van der Waals surface area contributed by atoms with Crippen LogP contribution in [0.15, 0.2) is 12.1 Å². The fraction of sp³-hybridized carbons (Fsp3) is 0.462. The van der Waals surface area contributed by atoms with Crippen molar-refractivity contribution in [2.75, 3.05) is 12.4 Å². The first kappa shape index (κ1) is 16.7. The summed E-state index contributed by atoms with van der Waals surface area (Å²) in [6, 6.07) is 1.80. The normalized spacial score (nSPS) is 11.0. The van der Waals surface area contributed by atoms with Gasteiger partial charge in [-0.2, -0.15) is 0 Å². The molecule has 0 bridgehead atoms. The number of nitrogens with zero attached hydrogens (tertiary/aromatic N) is 1. The van der Waals surface area contributed by atoms with Crippen molar-refractivity contribution in [3.63, 3.8) is 0 Å². The molecular weight excluding hydrogens is 283 g/mol. The average molecular weight is 300 g/mol. The largest absolute Gasteiger partial charge is 0.494 e. The molecule has 0 unspecified atom stereocenters. The van der Waals surface area contributed by atoms with Crippen molar-refractivity contribution in [1.29, 1.82) is 0 Å². The van der Waals surface area contributed by atoms with E-state index in [2.05, 4.69) is 5.32 Å². The first-order valence-electron chi connectivity index (χ1n) is 6.34. The van der Waals surface area contributed by atoms with E-state index in [1.165, 1.54) is 7.11 Å². The molecule has 0 aromatic heterocycles. The van der Waals surface area contributed by atoms with E-state index in [4.69, 9.17) is 4.74 Å². The fourth-order valence-corrected chi connectivity index (χ4v) is 1.99. The van der Waals surface area contributed by atoms with E-state index in [0.29, 0.717) is 6.07 Å². The van der Waals surface area contributed by atoms with Crippen LogP contribution in [-0.2, 0) is 4.79 Å². The summed E-state index contributed by atoms with van der Waals surface area (Å²) in [6.07, 6.45) is 0.408. The quantitative estimate of drug-likeness (QED) is 0.593. The Bertz CT molecular complexity index is 558. The van der Waals surface area contributed by atoms with Crippen LogP contribution in [0.4, 0.5) is 15.8 Å². The summed E-state index contributed by atoms with van der Waals surface area (Å²) < 4.78 is 18.4. The van der Waals surface area contributed by atoms with Gasteiger partial charge >= 0.3 is 5.97 Å². The molecule has 1 aromatic rings. The van der Waals surface area contributed by atoms with Crippen molar-refractivity contribution in [2.45, 2.75) is 32.2 Å². The monoisotopic (exact) mass is 300 g/mol. The Hall–Kier alpha value is -2.38. The number of anilines is 1. The van der Waals surface area contributed by atoms with E-state index in [-0.39, 0.29) is 24.3 Å². The highest BCUT2D eigenvalue weighted by Crippen LogP contribution is 2.35. The van der Waals surface area contributed by atoms with Crippen molar-refractivity contribution in [3.8, 4) is 5.75 Å². The molecule has 0 heterocycles. The molecule has 0 radical (unpaired) electrons. The number of benzene rings is 1. The third-order valence-electron chi connectivity index (χ3n) is 3.46. The first-order valence-corrected chi connectivity index (χ1v) is 6.34. The number of hydrogen-bond donors (Lipinski definition) is 2. The minimum Gasteiger partial charge on any atom is -0.494 e. The van der Waals surface area contributed by atoms with Crippen LogP contribution in [0.3, 0.4) is 0 Å². The second-order valence-corrected chi connectivity index (χ2v) is 4.48. The molecule has 0 saturated carbocycles. The molecule has 0 aliphatic heterocycles. The van der Waals surface area contributed by atoms with Gasteiger partial charge in [-0.3, -0.25) is 10.1 Å². The SMILES string of the molecule is CCC(CC)(Nc1cc(OC)c(F)cc1[N+](=O)[O-])C(=O)O.